The van der Waals surface area contributed by atoms with Crippen molar-refractivity contribution in [2.24, 2.45) is 0 Å². The highest BCUT2D eigenvalue weighted by molar-refractivity contribution is 7.89. The lowest BCUT2D eigenvalue weighted by atomic mass is 10.1. The number of ether oxygens (including phenoxy) is 2. The Hall–Kier alpha value is -1.51. The van der Waals surface area contributed by atoms with Crippen molar-refractivity contribution in [3.05, 3.63) is 53.1 Å². The number of hydrogen-bond acceptors (Lipinski definition) is 5. The van der Waals surface area contributed by atoms with Crippen molar-refractivity contribution in [3.63, 3.8) is 0 Å². The van der Waals surface area contributed by atoms with Crippen LogP contribution in [0.5, 0.6) is 11.5 Å². The van der Waals surface area contributed by atoms with Crippen LogP contribution in [-0.4, -0.2) is 46.6 Å². The number of hydrogen-bond donors (Lipinski definition) is 1. The fourth-order valence-corrected chi connectivity index (χ4v) is 5.33. The normalized spacial score (nSPS) is 17.8. The number of nitrogens with zero attached hydrogens (tertiary/aromatic N) is 1. The van der Waals surface area contributed by atoms with Crippen LogP contribution in [0.25, 0.3) is 0 Å². The Bertz CT molecular complexity index is 870. The highest BCUT2D eigenvalue weighted by Gasteiger charge is 2.38. The summed E-state index contributed by atoms with van der Waals surface area (Å²) in [7, 11) is -0.994. The van der Waals surface area contributed by atoms with E-state index in [1.54, 1.807) is 24.3 Å². The molecule has 2 aromatic carbocycles. The smallest absolute Gasteiger partial charge is 0.251 e. The monoisotopic (exact) mass is 432 g/mol. The Morgan fingerprint density at radius 3 is 2.30 bits per heavy atom. The molecule has 148 valence electrons. The van der Waals surface area contributed by atoms with E-state index in [1.165, 1.54) is 18.5 Å². The third kappa shape index (κ3) is 4.17. The summed E-state index contributed by atoms with van der Waals surface area (Å²) in [6, 6.07) is 11.8. The Morgan fingerprint density at radius 1 is 1.07 bits per heavy atom. The maximum atomic E-state index is 13.5. The molecule has 0 saturated carbocycles. The van der Waals surface area contributed by atoms with Crippen molar-refractivity contribution < 1.29 is 17.9 Å². The maximum absolute atomic E-state index is 13.5. The van der Waals surface area contributed by atoms with Crippen molar-refractivity contribution in [1.82, 2.24) is 9.62 Å². The highest BCUT2D eigenvalue weighted by atomic mass is 35.5. The van der Waals surface area contributed by atoms with Gasteiger partial charge in [-0.3, -0.25) is 0 Å². The molecule has 1 fully saturated rings. The zero-order chi connectivity index (χ0) is 18.7. The number of piperazine rings is 1. The molecule has 27 heavy (non-hydrogen) atoms. The number of nitrogens with one attached hydrogen (secondary N) is 1. The van der Waals surface area contributed by atoms with Gasteiger partial charge in [0, 0.05) is 24.7 Å². The first-order valence-electron chi connectivity index (χ1n) is 8.18. The number of halogens is 2. The molecule has 6 nitrogen and oxygen atoms in total. The van der Waals surface area contributed by atoms with E-state index in [1.807, 2.05) is 18.2 Å². The van der Waals surface area contributed by atoms with Crippen molar-refractivity contribution in [2.45, 2.75) is 10.9 Å². The molecular formula is C18H22Cl2N2O4S. The zero-order valence-electron chi connectivity index (χ0n) is 15.0. The molecule has 0 spiro atoms. The third-order valence-electron chi connectivity index (χ3n) is 4.41. The van der Waals surface area contributed by atoms with E-state index in [0.717, 1.165) is 5.56 Å². The van der Waals surface area contributed by atoms with E-state index in [0.29, 0.717) is 24.7 Å². The quantitative estimate of drug-likeness (QED) is 0.785. The molecule has 1 heterocycles. The topological polar surface area (TPSA) is 67.9 Å². The standard InChI is InChI=1S/C18H21ClN2O4S.ClH/c1-24-16-8-5-9-17(25-2)18(16)26(22,23)21-11-10-20-12-15(21)13-6-3-4-7-14(13)19;/h3-9,15,20H,10-12H2,1-2H3;1H. The lowest BCUT2D eigenvalue weighted by Gasteiger charge is -2.36. The summed E-state index contributed by atoms with van der Waals surface area (Å²) < 4.78 is 39.1. The molecule has 0 aliphatic carbocycles. The lowest BCUT2D eigenvalue weighted by Crippen LogP contribution is -2.48. The van der Waals surface area contributed by atoms with Crippen LogP contribution in [0.3, 0.4) is 0 Å². The highest BCUT2D eigenvalue weighted by Crippen LogP contribution is 2.39. The van der Waals surface area contributed by atoms with Crippen molar-refractivity contribution in [1.29, 1.82) is 0 Å². The van der Waals surface area contributed by atoms with Crippen LogP contribution in [0, 0.1) is 0 Å². The second-order valence-electron chi connectivity index (χ2n) is 5.85. The molecule has 1 atom stereocenters. The van der Waals surface area contributed by atoms with E-state index in [4.69, 9.17) is 21.1 Å². The van der Waals surface area contributed by atoms with Crippen molar-refractivity contribution in [3.8, 4) is 11.5 Å². The van der Waals surface area contributed by atoms with Gasteiger partial charge in [0.25, 0.3) is 10.0 Å². The molecule has 1 saturated heterocycles. The molecule has 1 aliphatic heterocycles. The molecule has 1 unspecified atom stereocenters. The van der Waals surface area contributed by atoms with Gasteiger partial charge in [-0.25, -0.2) is 8.42 Å². The maximum Gasteiger partial charge on any atom is 0.251 e. The molecule has 0 amide bonds. The Morgan fingerprint density at radius 2 is 1.70 bits per heavy atom. The predicted molar refractivity (Wildman–Crippen MR) is 108 cm³/mol. The van der Waals surface area contributed by atoms with Gasteiger partial charge in [0.05, 0.1) is 20.3 Å². The van der Waals surface area contributed by atoms with Crippen LogP contribution < -0.4 is 14.8 Å². The minimum absolute atomic E-state index is 0. The van der Waals surface area contributed by atoms with E-state index >= 15 is 0 Å². The fraction of sp³-hybridized carbons (Fsp3) is 0.333. The van der Waals surface area contributed by atoms with Crippen LogP contribution in [0.4, 0.5) is 0 Å². The third-order valence-corrected chi connectivity index (χ3v) is 6.72. The average Bonchev–Trinajstić information content (AvgIpc) is 2.67. The second-order valence-corrected chi connectivity index (χ2v) is 8.08. The number of sulfonamides is 1. The molecular weight excluding hydrogens is 411 g/mol. The van der Waals surface area contributed by atoms with Gasteiger partial charge < -0.3 is 14.8 Å². The van der Waals surface area contributed by atoms with Crippen LogP contribution >= 0.6 is 24.0 Å². The summed E-state index contributed by atoms with van der Waals surface area (Å²) in [5, 5.41) is 3.78. The van der Waals surface area contributed by atoms with E-state index < -0.39 is 16.1 Å². The number of methoxy groups -OCH3 is 2. The molecule has 3 rings (SSSR count). The van der Waals surface area contributed by atoms with Gasteiger partial charge >= 0.3 is 0 Å². The summed E-state index contributed by atoms with van der Waals surface area (Å²) >= 11 is 6.34. The first-order valence-corrected chi connectivity index (χ1v) is 10.0. The van der Waals surface area contributed by atoms with Gasteiger partial charge in [-0.05, 0) is 23.8 Å². The summed E-state index contributed by atoms with van der Waals surface area (Å²) in [4.78, 5) is 0.0314. The lowest BCUT2D eigenvalue weighted by molar-refractivity contribution is 0.269. The SMILES string of the molecule is COc1cccc(OC)c1S(=O)(=O)N1CCNCC1c1ccccc1Cl.Cl. The number of rotatable bonds is 5. The van der Waals surface area contributed by atoms with E-state index in [2.05, 4.69) is 5.32 Å². The molecule has 0 bridgehead atoms. The Kier molecular flexibility index (Phi) is 7.36. The van der Waals surface area contributed by atoms with Gasteiger partial charge in [-0.15, -0.1) is 12.4 Å². The van der Waals surface area contributed by atoms with Crippen LogP contribution in [0.1, 0.15) is 11.6 Å². The van der Waals surface area contributed by atoms with Gasteiger partial charge in [-0.1, -0.05) is 35.9 Å². The molecule has 0 aromatic heterocycles. The van der Waals surface area contributed by atoms with Gasteiger partial charge in [0.1, 0.15) is 11.5 Å². The summed E-state index contributed by atoms with van der Waals surface area (Å²) in [5.74, 6) is 0.501. The minimum Gasteiger partial charge on any atom is -0.495 e. The predicted octanol–water partition coefficient (Wildman–Crippen LogP) is 3.11. The Balaban J connectivity index is 0.00000261. The first kappa shape index (κ1) is 21.8. The van der Waals surface area contributed by atoms with Crippen LogP contribution in [0.2, 0.25) is 5.02 Å². The van der Waals surface area contributed by atoms with Gasteiger partial charge in [-0.2, -0.15) is 4.31 Å². The van der Waals surface area contributed by atoms with E-state index in [-0.39, 0.29) is 28.8 Å². The molecule has 1 aliphatic rings. The van der Waals surface area contributed by atoms with Gasteiger partial charge in [0.2, 0.25) is 0 Å². The van der Waals surface area contributed by atoms with Crippen LogP contribution in [-0.2, 0) is 10.0 Å². The summed E-state index contributed by atoms with van der Waals surface area (Å²) in [6.45, 7) is 1.34. The zero-order valence-corrected chi connectivity index (χ0v) is 17.4. The molecule has 1 N–H and O–H groups in total. The minimum atomic E-state index is -3.88. The largest absolute Gasteiger partial charge is 0.495 e. The van der Waals surface area contributed by atoms with E-state index in [9.17, 15) is 8.42 Å². The van der Waals surface area contributed by atoms with Crippen molar-refractivity contribution in [2.75, 3.05) is 33.9 Å². The fourth-order valence-electron chi connectivity index (χ4n) is 3.17. The van der Waals surface area contributed by atoms with Crippen molar-refractivity contribution >= 4 is 34.0 Å². The summed E-state index contributed by atoms with van der Waals surface area (Å²) in [5.41, 5.74) is 0.763. The average molecular weight is 433 g/mol. The first-order chi connectivity index (χ1) is 12.5. The van der Waals surface area contributed by atoms with Gasteiger partial charge in [0.15, 0.2) is 4.90 Å². The number of benzene rings is 2. The Labute approximate surface area is 170 Å². The molecule has 2 aromatic rings. The molecule has 0 radical (unpaired) electrons. The van der Waals surface area contributed by atoms with Crippen LogP contribution in [0.15, 0.2) is 47.4 Å². The second kappa shape index (κ2) is 9.12. The summed E-state index contributed by atoms with van der Waals surface area (Å²) in [6.07, 6.45) is 0. The molecule has 9 heteroatoms.